The molecule has 1 aliphatic rings. The van der Waals surface area contributed by atoms with Gasteiger partial charge in [-0.2, -0.15) is 19.3 Å². The molecular weight excluding hydrogens is 288 g/mol. The number of alkyl halides is 2. The molecule has 22 heavy (non-hydrogen) atoms. The van der Waals surface area contributed by atoms with Gasteiger partial charge in [-0.1, -0.05) is 18.2 Å². The van der Waals surface area contributed by atoms with E-state index in [2.05, 4.69) is 15.8 Å². The third kappa shape index (κ3) is 2.82. The number of nitriles is 2. The zero-order valence-corrected chi connectivity index (χ0v) is 12.0. The predicted molar refractivity (Wildman–Crippen MR) is 76.3 cm³/mol. The van der Waals surface area contributed by atoms with Gasteiger partial charge in [0.25, 0.3) is 0 Å². The third-order valence-electron chi connectivity index (χ3n) is 3.56. The van der Waals surface area contributed by atoms with Crippen LogP contribution in [0.1, 0.15) is 25.3 Å². The number of aliphatic imine (C=N–C) groups is 1. The van der Waals surface area contributed by atoms with Gasteiger partial charge in [-0.3, -0.25) is 4.99 Å². The molecule has 0 bridgehead atoms. The van der Waals surface area contributed by atoms with Gasteiger partial charge < -0.3 is 4.74 Å². The molecule has 0 aromatic heterocycles. The van der Waals surface area contributed by atoms with Gasteiger partial charge >= 0.3 is 6.61 Å². The van der Waals surface area contributed by atoms with Crippen LogP contribution in [0, 0.1) is 28.6 Å². The fourth-order valence-electron chi connectivity index (χ4n) is 2.62. The zero-order chi connectivity index (χ0) is 16.3. The minimum atomic E-state index is -2.98. The second-order valence-electron chi connectivity index (χ2n) is 4.86. The van der Waals surface area contributed by atoms with E-state index < -0.39 is 18.4 Å². The number of benzene rings is 1. The van der Waals surface area contributed by atoms with Crippen molar-refractivity contribution in [3.05, 3.63) is 41.1 Å². The average molecular weight is 301 g/mol. The summed E-state index contributed by atoms with van der Waals surface area (Å²) in [7, 11) is 0. The number of hydrogen-bond donors (Lipinski definition) is 0. The molecule has 0 aliphatic carbocycles. The van der Waals surface area contributed by atoms with Crippen LogP contribution in [-0.4, -0.2) is 12.3 Å². The topological polar surface area (TPSA) is 69.2 Å². The summed E-state index contributed by atoms with van der Waals surface area (Å²) in [5.74, 6) is -1.39. The lowest BCUT2D eigenvalue weighted by Crippen LogP contribution is -2.25. The maximum absolute atomic E-state index is 12.6. The SMILES string of the molecule is CC1=NC(C)=C(C#N)[C@@H](c2ccccc2OC(F)F)C1C#N. The first-order valence-electron chi connectivity index (χ1n) is 6.59. The summed E-state index contributed by atoms with van der Waals surface area (Å²) in [6, 6.07) is 10.4. The summed E-state index contributed by atoms with van der Waals surface area (Å²) in [4.78, 5) is 4.22. The highest BCUT2D eigenvalue weighted by atomic mass is 19.3. The van der Waals surface area contributed by atoms with E-state index in [1.165, 1.54) is 6.07 Å². The van der Waals surface area contributed by atoms with E-state index in [9.17, 15) is 19.3 Å². The molecule has 1 aromatic rings. The Balaban J connectivity index is 2.62. The van der Waals surface area contributed by atoms with E-state index in [1.54, 1.807) is 32.0 Å². The van der Waals surface area contributed by atoms with Gasteiger partial charge in [-0.05, 0) is 19.9 Å². The largest absolute Gasteiger partial charge is 0.435 e. The monoisotopic (exact) mass is 301 g/mol. The Labute approximate surface area is 127 Å². The van der Waals surface area contributed by atoms with Crippen molar-refractivity contribution >= 4 is 5.71 Å². The number of para-hydroxylation sites is 1. The number of nitrogens with zero attached hydrogens (tertiary/aromatic N) is 3. The molecule has 0 spiro atoms. The molecule has 1 unspecified atom stereocenters. The van der Waals surface area contributed by atoms with E-state index in [4.69, 9.17) is 0 Å². The highest BCUT2D eigenvalue weighted by Crippen LogP contribution is 2.42. The van der Waals surface area contributed by atoms with Crippen molar-refractivity contribution in [3.8, 4) is 17.9 Å². The molecule has 1 heterocycles. The third-order valence-corrected chi connectivity index (χ3v) is 3.56. The number of ether oxygens (including phenoxy) is 1. The van der Waals surface area contributed by atoms with E-state index in [0.717, 1.165) is 0 Å². The normalized spacial score (nSPS) is 21.1. The van der Waals surface area contributed by atoms with Crippen molar-refractivity contribution in [3.63, 3.8) is 0 Å². The lowest BCUT2D eigenvalue weighted by molar-refractivity contribution is -0.0505. The zero-order valence-electron chi connectivity index (χ0n) is 12.0. The molecule has 4 nitrogen and oxygen atoms in total. The van der Waals surface area contributed by atoms with Gasteiger partial charge in [0, 0.05) is 17.2 Å². The second-order valence-corrected chi connectivity index (χ2v) is 4.86. The van der Waals surface area contributed by atoms with Crippen molar-refractivity contribution in [2.75, 3.05) is 0 Å². The Kier molecular flexibility index (Phi) is 4.53. The second kappa shape index (κ2) is 6.36. The molecule has 6 heteroatoms. The standard InChI is InChI=1S/C16H13F2N3O/c1-9-12(7-19)15(13(8-20)10(2)21-9)11-5-3-4-6-14(11)22-16(17)18/h3-6,12,15-16H,1-2H3/t12?,15-/m0/s1. The average Bonchev–Trinajstić information content (AvgIpc) is 2.46. The maximum atomic E-state index is 12.6. The lowest BCUT2D eigenvalue weighted by Gasteiger charge is -2.28. The Morgan fingerprint density at radius 1 is 1.23 bits per heavy atom. The van der Waals surface area contributed by atoms with Crippen molar-refractivity contribution in [2.45, 2.75) is 26.4 Å². The molecule has 0 amide bonds. The molecule has 112 valence electrons. The van der Waals surface area contributed by atoms with E-state index >= 15 is 0 Å². The van der Waals surface area contributed by atoms with Crippen LogP contribution in [0.2, 0.25) is 0 Å². The van der Waals surface area contributed by atoms with E-state index in [-0.39, 0.29) is 5.75 Å². The van der Waals surface area contributed by atoms with Crippen LogP contribution in [0.5, 0.6) is 5.75 Å². The molecule has 0 saturated carbocycles. The number of hydrogen-bond acceptors (Lipinski definition) is 4. The first-order valence-corrected chi connectivity index (χ1v) is 6.59. The minimum absolute atomic E-state index is 0.0296. The van der Waals surface area contributed by atoms with Gasteiger partial charge in [0.1, 0.15) is 5.75 Å². The van der Waals surface area contributed by atoms with Gasteiger partial charge in [-0.25, -0.2) is 0 Å². The summed E-state index contributed by atoms with van der Waals surface area (Å²) >= 11 is 0. The Morgan fingerprint density at radius 2 is 1.91 bits per heavy atom. The van der Waals surface area contributed by atoms with Gasteiger partial charge in [0.05, 0.1) is 29.3 Å². The Morgan fingerprint density at radius 3 is 2.50 bits per heavy atom. The summed E-state index contributed by atoms with van der Waals surface area (Å²) in [5, 5.41) is 18.8. The first-order chi connectivity index (χ1) is 10.5. The molecule has 1 aliphatic heterocycles. The highest BCUT2D eigenvalue weighted by molar-refractivity contribution is 5.90. The summed E-state index contributed by atoms with van der Waals surface area (Å²) in [6.45, 7) is 0.379. The molecule has 0 fully saturated rings. The Bertz CT molecular complexity index is 726. The van der Waals surface area contributed by atoms with Crippen LogP contribution in [0.15, 0.2) is 40.5 Å². The number of allylic oxidation sites excluding steroid dienone is 2. The quantitative estimate of drug-likeness (QED) is 0.853. The molecule has 2 atom stereocenters. The molecule has 0 N–H and O–H groups in total. The van der Waals surface area contributed by atoms with Gasteiger partial charge in [0.2, 0.25) is 0 Å². The summed E-state index contributed by atoms with van der Waals surface area (Å²) in [6.07, 6.45) is 0. The number of halogens is 2. The van der Waals surface area contributed by atoms with Crippen molar-refractivity contribution in [1.29, 1.82) is 10.5 Å². The Hall–Kier alpha value is -2.73. The van der Waals surface area contributed by atoms with Crippen LogP contribution < -0.4 is 4.74 Å². The molecule has 0 radical (unpaired) electrons. The molecule has 0 saturated heterocycles. The van der Waals surface area contributed by atoms with Crippen LogP contribution in [0.25, 0.3) is 0 Å². The van der Waals surface area contributed by atoms with Gasteiger partial charge in [0.15, 0.2) is 0 Å². The molecule has 1 aromatic carbocycles. The molecular formula is C16H13F2N3O. The number of rotatable bonds is 3. The fourth-order valence-corrected chi connectivity index (χ4v) is 2.62. The fraction of sp³-hybridized carbons (Fsp3) is 0.312. The van der Waals surface area contributed by atoms with Crippen LogP contribution in [-0.2, 0) is 0 Å². The minimum Gasteiger partial charge on any atom is -0.435 e. The van der Waals surface area contributed by atoms with Gasteiger partial charge in [-0.15, -0.1) is 0 Å². The lowest BCUT2D eigenvalue weighted by atomic mass is 9.76. The smallest absolute Gasteiger partial charge is 0.387 e. The molecule has 2 rings (SSSR count). The van der Waals surface area contributed by atoms with Crippen molar-refractivity contribution < 1.29 is 13.5 Å². The van der Waals surface area contributed by atoms with E-state index in [0.29, 0.717) is 22.5 Å². The maximum Gasteiger partial charge on any atom is 0.387 e. The first kappa shape index (κ1) is 15.7. The van der Waals surface area contributed by atoms with Crippen LogP contribution in [0.4, 0.5) is 8.78 Å². The van der Waals surface area contributed by atoms with Crippen molar-refractivity contribution in [2.24, 2.45) is 10.9 Å². The van der Waals surface area contributed by atoms with Crippen molar-refractivity contribution in [1.82, 2.24) is 0 Å². The van der Waals surface area contributed by atoms with Crippen LogP contribution >= 0.6 is 0 Å². The summed E-state index contributed by atoms with van der Waals surface area (Å²) < 4.78 is 29.7. The predicted octanol–water partition coefficient (Wildman–Crippen LogP) is 3.78. The van der Waals surface area contributed by atoms with Crippen LogP contribution in [0.3, 0.4) is 0 Å². The highest BCUT2D eigenvalue weighted by Gasteiger charge is 2.35. The van der Waals surface area contributed by atoms with E-state index in [1.807, 2.05) is 6.07 Å². The summed E-state index contributed by atoms with van der Waals surface area (Å²) in [5.41, 5.74) is 1.72.